The molecule has 0 bridgehead atoms. The standard InChI is InChI=1S/C19H14F2N2O3/c20-14-5-8-16(17(21)12-14)18(24)22-9-1-2-13-3-6-15(7-4-13)23-10-11-26-19(23)25/h3-8,12H,9-11H2,(H,22,24). The predicted octanol–water partition coefficient (Wildman–Crippen LogP) is 2.70. The first-order valence-corrected chi connectivity index (χ1v) is 7.81. The first-order valence-electron chi connectivity index (χ1n) is 7.81. The third-order valence-corrected chi connectivity index (χ3v) is 3.69. The van der Waals surface area contributed by atoms with Crippen LogP contribution in [0.15, 0.2) is 42.5 Å². The van der Waals surface area contributed by atoms with Crippen molar-refractivity contribution in [2.24, 2.45) is 0 Å². The molecule has 0 saturated carbocycles. The summed E-state index contributed by atoms with van der Waals surface area (Å²) in [5.74, 6) is 3.26. The fourth-order valence-corrected chi connectivity index (χ4v) is 2.39. The molecule has 2 aromatic rings. The van der Waals surface area contributed by atoms with Gasteiger partial charge in [-0.2, -0.15) is 0 Å². The lowest BCUT2D eigenvalue weighted by Gasteiger charge is -2.11. The van der Waals surface area contributed by atoms with Gasteiger partial charge < -0.3 is 10.1 Å². The quantitative estimate of drug-likeness (QED) is 0.861. The maximum Gasteiger partial charge on any atom is 0.414 e. The van der Waals surface area contributed by atoms with Gasteiger partial charge in [0.25, 0.3) is 5.91 Å². The topological polar surface area (TPSA) is 58.6 Å². The van der Waals surface area contributed by atoms with Gasteiger partial charge in [0, 0.05) is 17.3 Å². The number of halogens is 2. The molecule has 0 atom stereocenters. The van der Waals surface area contributed by atoms with E-state index in [1.807, 2.05) is 0 Å². The van der Waals surface area contributed by atoms with Crippen LogP contribution in [0.2, 0.25) is 0 Å². The first-order chi connectivity index (χ1) is 12.5. The summed E-state index contributed by atoms with van der Waals surface area (Å²) < 4.78 is 31.2. The summed E-state index contributed by atoms with van der Waals surface area (Å²) in [6.07, 6.45) is -0.375. The first kappa shape index (κ1) is 17.4. The number of carbonyl (C=O) groups excluding carboxylic acids is 2. The van der Waals surface area contributed by atoms with E-state index in [1.54, 1.807) is 24.3 Å². The van der Waals surface area contributed by atoms with E-state index in [1.165, 1.54) is 4.90 Å². The average Bonchev–Trinajstić information content (AvgIpc) is 3.05. The highest BCUT2D eigenvalue weighted by atomic mass is 19.1. The molecule has 132 valence electrons. The van der Waals surface area contributed by atoms with Gasteiger partial charge in [-0.15, -0.1) is 0 Å². The number of benzene rings is 2. The molecule has 3 rings (SSSR count). The number of carbonyl (C=O) groups is 2. The van der Waals surface area contributed by atoms with Crippen LogP contribution in [-0.4, -0.2) is 31.7 Å². The molecule has 0 radical (unpaired) electrons. The van der Waals surface area contributed by atoms with Gasteiger partial charge in [-0.1, -0.05) is 11.8 Å². The summed E-state index contributed by atoms with van der Waals surface area (Å²) in [5.41, 5.74) is 1.18. The molecule has 0 unspecified atom stereocenters. The van der Waals surface area contributed by atoms with Crippen molar-refractivity contribution >= 4 is 17.7 Å². The van der Waals surface area contributed by atoms with Crippen LogP contribution in [0.25, 0.3) is 0 Å². The lowest BCUT2D eigenvalue weighted by Crippen LogP contribution is -2.24. The summed E-state index contributed by atoms with van der Waals surface area (Å²) >= 11 is 0. The third kappa shape index (κ3) is 3.98. The van der Waals surface area contributed by atoms with E-state index in [4.69, 9.17) is 4.74 Å². The van der Waals surface area contributed by atoms with Crippen LogP contribution in [0.1, 0.15) is 15.9 Å². The van der Waals surface area contributed by atoms with Crippen molar-refractivity contribution in [1.82, 2.24) is 5.32 Å². The Bertz CT molecular complexity index is 901. The Balaban J connectivity index is 1.56. The van der Waals surface area contributed by atoms with Crippen LogP contribution in [0.4, 0.5) is 19.3 Å². The Labute approximate surface area is 148 Å². The van der Waals surface area contributed by atoms with Gasteiger partial charge in [-0.25, -0.2) is 13.6 Å². The van der Waals surface area contributed by atoms with Crippen LogP contribution < -0.4 is 10.2 Å². The zero-order chi connectivity index (χ0) is 18.5. The van der Waals surface area contributed by atoms with E-state index < -0.39 is 17.5 Å². The maximum atomic E-state index is 13.5. The average molecular weight is 356 g/mol. The molecule has 1 fully saturated rings. The Kier molecular flexibility index (Phi) is 5.13. The molecule has 1 N–H and O–H groups in total. The van der Waals surface area contributed by atoms with Crippen molar-refractivity contribution in [3.8, 4) is 11.8 Å². The van der Waals surface area contributed by atoms with Gasteiger partial charge in [0.15, 0.2) is 0 Å². The Morgan fingerprint density at radius 1 is 1.19 bits per heavy atom. The number of nitrogens with zero attached hydrogens (tertiary/aromatic N) is 1. The van der Waals surface area contributed by atoms with E-state index in [-0.39, 0.29) is 18.2 Å². The Morgan fingerprint density at radius 3 is 2.62 bits per heavy atom. The van der Waals surface area contributed by atoms with Crippen molar-refractivity contribution in [2.45, 2.75) is 0 Å². The molecule has 2 amide bonds. The summed E-state index contributed by atoms with van der Waals surface area (Å²) in [4.78, 5) is 24.8. The lowest BCUT2D eigenvalue weighted by atomic mass is 10.2. The van der Waals surface area contributed by atoms with E-state index in [9.17, 15) is 18.4 Å². The van der Waals surface area contributed by atoms with Crippen LogP contribution in [-0.2, 0) is 4.74 Å². The lowest BCUT2D eigenvalue weighted by molar-refractivity contribution is 0.0954. The molecule has 1 heterocycles. The normalized spacial score (nSPS) is 13.0. The largest absolute Gasteiger partial charge is 0.447 e. The van der Waals surface area contributed by atoms with Gasteiger partial charge in [0.1, 0.15) is 18.2 Å². The highest BCUT2D eigenvalue weighted by Gasteiger charge is 2.23. The Hall–Kier alpha value is -3.40. The molecule has 0 aliphatic carbocycles. The molecule has 1 saturated heterocycles. The summed E-state index contributed by atoms with van der Waals surface area (Å²) in [5, 5.41) is 2.45. The van der Waals surface area contributed by atoms with Gasteiger partial charge >= 0.3 is 6.09 Å². The summed E-state index contributed by atoms with van der Waals surface area (Å²) in [6, 6.07) is 9.74. The number of nitrogens with one attached hydrogen (secondary N) is 1. The fraction of sp³-hybridized carbons (Fsp3) is 0.158. The SMILES string of the molecule is O=C(NCC#Cc1ccc(N2CCOC2=O)cc1)c1ccc(F)cc1F. The number of ether oxygens (including phenoxy) is 1. The zero-order valence-corrected chi connectivity index (χ0v) is 13.6. The summed E-state index contributed by atoms with van der Waals surface area (Å²) in [6.45, 7) is 0.889. The van der Waals surface area contributed by atoms with Crippen LogP contribution >= 0.6 is 0 Å². The number of cyclic esters (lactones) is 1. The minimum Gasteiger partial charge on any atom is -0.447 e. The Morgan fingerprint density at radius 2 is 1.96 bits per heavy atom. The molecule has 1 aliphatic rings. The van der Waals surface area contributed by atoms with Crippen molar-refractivity contribution in [1.29, 1.82) is 0 Å². The highest BCUT2D eigenvalue weighted by molar-refractivity contribution is 5.94. The molecule has 1 aliphatic heterocycles. The monoisotopic (exact) mass is 356 g/mol. The number of amides is 2. The molecule has 2 aromatic carbocycles. The van der Waals surface area contributed by atoms with E-state index in [0.717, 1.165) is 17.8 Å². The van der Waals surface area contributed by atoms with Gasteiger partial charge in [0.05, 0.1) is 18.7 Å². The fourth-order valence-electron chi connectivity index (χ4n) is 2.39. The predicted molar refractivity (Wildman–Crippen MR) is 90.7 cm³/mol. The molecule has 0 aromatic heterocycles. The minimum atomic E-state index is -0.925. The minimum absolute atomic E-state index is 0.00977. The van der Waals surface area contributed by atoms with E-state index >= 15 is 0 Å². The smallest absolute Gasteiger partial charge is 0.414 e. The van der Waals surface area contributed by atoms with Crippen LogP contribution in [0, 0.1) is 23.5 Å². The van der Waals surface area contributed by atoms with Crippen molar-refractivity contribution < 1.29 is 23.1 Å². The van der Waals surface area contributed by atoms with E-state index in [0.29, 0.717) is 24.8 Å². The van der Waals surface area contributed by atoms with Crippen molar-refractivity contribution in [2.75, 3.05) is 24.6 Å². The molecule has 0 spiro atoms. The molecule has 7 heteroatoms. The maximum absolute atomic E-state index is 13.5. The van der Waals surface area contributed by atoms with Crippen LogP contribution in [0.5, 0.6) is 0 Å². The number of rotatable bonds is 3. The summed E-state index contributed by atoms with van der Waals surface area (Å²) in [7, 11) is 0. The van der Waals surface area contributed by atoms with Crippen LogP contribution in [0.3, 0.4) is 0 Å². The third-order valence-electron chi connectivity index (χ3n) is 3.69. The molecule has 5 nitrogen and oxygen atoms in total. The highest BCUT2D eigenvalue weighted by Crippen LogP contribution is 2.18. The number of anilines is 1. The number of hydrogen-bond acceptors (Lipinski definition) is 3. The van der Waals surface area contributed by atoms with Gasteiger partial charge in [-0.05, 0) is 36.4 Å². The zero-order valence-electron chi connectivity index (χ0n) is 13.6. The second kappa shape index (κ2) is 7.66. The second-order valence-electron chi connectivity index (χ2n) is 5.42. The van der Waals surface area contributed by atoms with Crippen molar-refractivity contribution in [3.63, 3.8) is 0 Å². The van der Waals surface area contributed by atoms with Gasteiger partial charge in [-0.3, -0.25) is 9.69 Å². The van der Waals surface area contributed by atoms with E-state index in [2.05, 4.69) is 17.2 Å². The van der Waals surface area contributed by atoms with Gasteiger partial charge in [0.2, 0.25) is 0 Å². The second-order valence-corrected chi connectivity index (χ2v) is 5.42. The molecule has 26 heavy (non-hydrogen) atoms. The van der Waals surface area contributed by atoms with Crippen molar-refractivity contribution in [3.05, 3.63) is 65.2 Å². The molecular weight excluding hydrogens is 342 g/mol. The number of hydrogen-bond donors (Lipinski definition) is 1. The molecular formula is C19H14F2N2O3.